The third-order valence-electron chi connectivity index (χ3n) is 5.12. The number of nitrogens with one attached hydrogen (secondary N) is 2. The van der Waals surface area contributed by atoms with Crippen LogP contribution in [0.2, 0.25) is 0 Å². The first-order chi connectivity index (χ1) is 13.7. The molecule has 1 aromatic heterocycles. The summed E-state index contributed by atoms with van der Waals surface area (Å²) < 4.78 is 13.7. The van der Waals surface area contributed by atoms with E-state index >= 15 is 0 Å². The molecule has 0 bridgehead atoms. The Hall–Kier alpha value is -2.63. The van der Waals surface area contributed by atoms with Gasteiger partial charge in [-0.05, 0) is 54.7 Å². The summed E-state index contributed by atoms with van der Waals surface area (Å²) in [7, 11) is 1.74. The maximum absolute atomic E-state index is 13.7. The van der Waals surface area contributed by atoms with Crippen LogP contribution in [0.1, 0.15) is 42.4 Å². The molecular formula is C22H30FN5. The van der Waals surface area contributed by atoms with Crippen LogP contribution in [0.5, 0.6) is 0 Å². The predicted molar refractivity (Wildman–Crippen MR) is 113 cm³/mol. The normalized spacial score (nSPS) is 15.2. The van der Waals surface area contributed by atoms with Crippen LogP contribution in [0.25, 0.3) is 0 Å². The van der Waals surface area contributed by atoms with Crippen LogP contribution >= 0.6 is 0 Å². The molecule has 0 aliphatic carbocycles. The highest BCUT2D eigenvalue weighted by atomic mass is 19.1. The molecule has 1 aliphatic heterocycles. The molecule has 3 rings (SSSR count). The quantitative estimate of drug-likeness (QED) is 0.610. The Morgan fingerprint density at radius 3 is 2.36 bits per heavy atom. The van der Waals surface area contributed by atoms with Crippen molar-refractivity contribution < 1.29 is 4.39 Å². The Bertz CT molecular complexity index is 797. The van der Waals surface area contributed by atoms with Gasteiger partial charge in [0.15, 0.2) is 5.96 Å². The Morgan fingerprint density at radius 2 is 1.71 bits per heavy atom. The summed E-state index contributed by atoms with van der Waals surface area (Å²) in [6.45, 7) is 5.11. The lowest BCUT2D eigenvalue weighted by atomic mass is 10.1. The second-order valence-corrected chi connectivity index (χ2v) is 7.29. The minimum Gasteiger partial charge on any atom is -0.357 e. The molecule has 150 valence electrons. The van der Waals surface area contributed by atoms with Gasteiger partial charge < -0.3 is 15.5 Å². The van der Waals surface area contributed by atoms with Gasteiger partial charge in [-0.15, -0.1) is 0 Å². The molecular weight excluding hydrogens is 353 g/mol. The van der Waals surface area contributed by atoms with Crippen LogP contribution < -0.4 is 15.5 Å². The van der Waals surface area contributed by atoms with Gasteiger partial charge in [-0.1, -0.05) is 25.0 Å². The standard InChI is InChI=1S/C22H30FN5/c1-17-7-8-18(13-20(17)23)15-26-22(24-2)27-16-19-9-10-25-21(14-19)28-11-5-3-4-6-12-28/h7-10,13-14H,3-6,11-12,15-16H2,1-2H3,(H2,24,26,27). The topological polar surface area (TPSA) is 52.6 Å². The number of nitrogens with zero attached hydrogens (tertiary/aromatic N) is 3. The van der Waals surface area contributed by atoms with Gasteiger partial charge in [-0.25, -0.2) is 9.37 Å². The highest BCUT2D eigenvalue weighted by molar-refractivity contribution is 5.79. The van der Waals surface area contributed by atoms with Crippen molar-refractivity contribution >= 4 is 11.8 Å². The van der Waals surface area contributed by atoms with Crippen LogP contribution in [-0.4, -0.2) is 31.1 Å². The first kappa shape index (κ1) is 20.1. The summed E-state index contributed by atoms with van der Waals surface area (Å²) in [5, 5.41) is 6.56. The van der Waals surface area contributed by atoms with Crippen molar-refractivity contribution in [2.75, 3.05) is 25.0 Å². The molecule has 0 atom stereocenters. The van der Waals surface area contributed by atoms with Crippen molar-refractivity contribution in [3.63, 3.8) is 0 Å². The third kappa shape index (κ3) is 5.68. The number of rotatable bonds is 5. The van der Waals surface area contributed by atoms with Crippen molar-refractivity contribution in [3.05, 3.63) is 59.0 Å². The van der Waals surface area contributed by atoms with Crippen molar-refractivity contribution in [2.45, 2.75) is 45.7 Å². The van der Waals surface area contributed by atoms with Crippen LogP contribution in [0.4, 0.5) is 10.2 Å². The molecule has 5 nitrogen and oxygen atoms in total. The Kier molecular flexibility index (Phi) is 7.23. The number of aromatic nitrogens is 1. The molecule has 6 heteroatoms. The zero-order chi connectivity index (χ0) is 19.8. The number of aryl methyl sites for hydroxylation is 1. The Labute approximate surface area is 167 Å². The number of halogens is 1. The number of pyridine rings is 1. The van der Waals surface area contributed by atoms with E-state index < -0.39 is 0 Å². The summed E-state index contributed by atoms with van der Waals surface area (Å²) in [6.07, 6.45) is 6.97. The molecule has 2 N–H and O–H groups in total. The van der Waals surface area contributed by atoms with Gasteiger partial charge in [-0.3, -0.25) is 4.99 Å². The maximum atomic E-state index is 13.7. The Morgan fingerprint density at radius 1 is 1.04 bits per heavy atom. The van der Waals surface area contributed by atoms with Gasteiger partial charge in [-0.2, -0.15) is 0 Å². The highest BCUT2D eigenvalue weighted by Gasteiger charge is 2.11. The fourth-order valence-electron chi connectivity index (χ4n) is 3.38. The van der Waals surface area contributed by atoms with Crippen molar-refractivity contribution in [1.82, 2.24) is 15.6 Å². The lowest BCUT2D eigenvalue weighted by Gasteiger charge is -2.22. The fourth-order valence-corrected chi connectivity index (χ4v) is 3.38. The van der Waals surface area contributed by atoms with Gasteiger partial charge in [0, 0.05) is 39.4 Å². The zero-order valence-corrected chi connectivity index (χ0v) is 16.8. The van der Waals surface area contributed by atoms with Gasteiger partial charge in [0.1, 0.15) is 11.6 Å². The van der Waals surface area contributed by atoms with Crippen LogP contribution in [0, 0.1) is 12.7 Å². The molecule has 0 spiro atoms. The zero-order valence-electron chi connectivity index (χ0n) is 16.8. The minimum atomic E-state index is -0.180. The average Bonchev–Trinajstić information content (AvgIpc) is 3.00. The van der Waals surface area contributed by atoms with E-state index in [4.69, 9.17) is 0 Å². The van der Waals surface area contributed by atoms with Crippen LogP contribution in [0.3, 0.4) is 0 Å². The highest BCUT2D eigenvalue weighted by Crippen LogP contribution is 2.18. The number of benzene rings is 1. The lowest BCUT2D eigenvalue weighted by Crippen LogP contribution is -2.36. The molecule has 2 heterocycles. The van der Waals surface area contributed by atoms with Crippen LogP contribution in [0.15, 0.2) is 41.5 Å². The molecule has 1 aromatic carbocycles. The van der Waals surface area contributed by atoms with Gasteiger partial charge in [0.2, 0.25) is 0 Å². The molecule has 28 heavy (non-hydrogen) atoms. The van der Waals surface area contributed by atoms with Crippen molar-refractivity contribution in [3.8, 4) is 0 Å². The number of hydrogen-bond acceptors (Lipinski definition) is 3. The van der Waals surface area contributed by atoms with E-state index in [1.807, 2.05) is 18.3 Å². The number of anilines is 1. The van der Waals surface area contributed by atoms with E-state index in [1.165, 1.54) is 31.2 Å². The number of aliphatic imine (C=N–C) groups is 1. The number of guanidine groups is 1. The smallest absolute Gasteiger partial charge is 0.191 e. The first-order valence-electron chi connectivity index (χ1n) is 10.0. The predicted octanol–water partition coefficient (Wildman–Crippen LogP) is 3.77. The van der Waals surface area contributed by atoms with Gasteiger partial charge in [0.05, 0.1) is 0 Å². The van der Waals surface area contributed by atoms with Crippen molar-refractivity contribution in [2.24, 2.45) is 4.99 Å². The molecule has 0 amide bonds. The molecule has 0 radical (unpaired) electrons. The van der Waals surface area contributed by atoms with Crippen molar-refractivity contribution in [1.29, 1.82) is 0 Å². The Balaban J connectivity index is 1.54. The molecule has 0 saturated carbocycles. The van der Waals surface area contributed by atoms with E-state index in [0.29, 0.717) is 24.6 Å². The lowest BCUT2D eigenvalue weighted by molar-refractivity contribution is 0.615. The number of hydrogen-bond donors (Lipinski definition) is 2. The molecule has 1 aliphatic rings. The monoisotopic (exact) mass is 383 g/mol. The maximum Gasteiger partial charge on any atom is 0.191 e. The average molecular weight is 384 g/mol. The summed E-state index contributed by atoms with van der Waals surface area (Å²) in [6, 6.07) is 9.46. The third-order valence-corrected chi connectivity index (χ3v) is 5.12. The van der Waals surface area contributed by atoms with Gasteiger partial charge in [0.25, 0.3) is 0 Å². The molecule has 0 unspecified atom stereocenters. The summed E-state index contributed by atoms with van der Waals surface area (Å²) in [5.41, 5.74) is 2.71. The second-order valence-electron chi connectivity index (χ2n) is 7.29. The largest absolute Gasteiger partial charge is 0.357 e. The molecule has 2 aromatic rings. The van der Waals surface area contributed by atoms with E-state index in [-0.39, 0.29) is 5.82 Å². The fraction of sp³-hybridized carbons (Fsp3) is 0.455. The van der Waals surface area contributed by atoms with E-state index in [2.05, 4.69) is 31.6 Å². The second kappa shape index (κ2) is 10.1. The summed E-state index contributed by atoms with van der Waals surface area (Å²) in [5.74, 6) is 1.56. The molecule has 1 fully saturated rings. The minimum absolute atomic E-state index is 0.180. The first-order valence-corrected chi connectivity index (χ1v) is 10.0. The van der Waals surface area contributed by atoms with E-state index in [9.17, 15) is 4.39 Å². The van der Waals surface area contributed by atoms with E-state index in [1.54, 1.807) is 26.1 Å². The van der Waals surface area contributed by atoms with Crippen LogP contribution in [-0.2, 0) is 13.1 Å². The SMILES string of the molecule is CN=C(NCc1ccnc(N2CCCCCC2)c1)NCc1ccc(C)c(F)c1. The molecule has 1 saturated heterocycles. The summed E-state index contributed by atoms with van der Waals surface area (Å²) in [4.78, 5) is 11.2. The van der Waals surface area contributed by atoms with Gasteiger partial charge >= 0.3 is 0 Å². The summed E-state index contributed by atoms with van der Waals surface area (Å²) >= 11 is 0. The van der Waals surface area contributed by atoms with E-state index in [0.717, 1.165) is 24.5 Å².